The van der Waals surface area contributed by atoms with Crippen LogP contribution in [0.2, 0.25) is 0 Å². The molecule has 0 atom stereocenters. The standard InChI is InChI=1S/C9H12N2O3/c12-7-1-5-11-6-4-10-8(11)2-3-9(13)14/h4,6-7H,1-3,5H2,(H,13,14). The number of carbonyl (C=O) groups excluding carboxylic acids is 1. The Morgan fingerprint density at radius 2 is 2.43 bits per heavy atom. The van der Waals surface area contributed by atoms with Gasteiger partial charge in [0, 0.05) is 31.8 Å². The molecule has 0 aliphatic rings. The van der Waals surface area contributed by atoms with Crippen molar-refractivity contribution in [3.8, 4) is 0 Å². The van der Waals surface area contributed by atoms with Gasteiger partial charge in [-0.2, -0.15) is 0 Å². The molecule has 0 fully saturated rings. The quantitative estimate of drug-likeness (QED) is 0.672. The second-order valence-electron chi connectivity index (χ2n) is 2.89. The van der Waals surface area contributed by atoms with Gasteiger partial charge < -0.3 is 14.5 Å². The fourth-order valence-corrected chi connectivity index (χ4v) is 1.18. The highest BCUT2D eigenvalue weighted by Crippen LogP contribution is 2.02. The van der Waals surface area contributed by atoms with Crippen LogP contribution in [0.4, 0.5) is 0 Å². The van der Waals surface area contributed by atoms with Crippen LogP contribution in [0.5, 0.6) is 0 Å². The van der Waals surface area contributed by atoms with Gasteiger partial charge in [0.15, 0.2) is 0 Å². The minimum absolute atomic E-state index is 0.0676. The fourth-order valence-electron chi connectivity index (χ4n) is 1.18. The van der Waals surface area contributed by atoms with E-state index in [1.54, 1.807) is 17.0 Å². The van der Waals surface area contributed by atoms with Gasteiger partial charge in [-0.05, 0) is 0 Å². The van der Waals surface area contributed by atoms with E-state index in [0.29, 0.717) is 25.2 Å². The molecule has 1 N–H and O–H groups in total. The first-order valence-electron chi connectivity index (χ1n) is 4.39. The summed E-state index contributed by atoms with van der Waals surface area (Å²) < 4.78 is 1.80. The van der Waals surface area contributed by atoms with Gasteiger partial charge in [0.2, 0.25) is 0 Å². The number of imidazole rings is 1. The lowest BCUT2D eigenvalue weighted by Gasteiger charge is -2.03. The molecule has 1 rings (SSSR count). The van der Waals surface area contributed by atoms with Crippen molar-refractivity contribution in [2.24, 2.45) is 0 Å². The van der Waals surface area contributed by atoms with Crippen LogP contribution in [-0.2, 0) is 22.6 Å². The highest BCUT2D eigenvalue weighted by Gasteiger charge is 2.04. The third-order valence-electron chi connectivity index (χ3n) is 1.85. The summed E-state index contributed by atoms with van der Waals surface area (Å²) in [6.07, 6.45) is 5.10. The normalized spacial score (nSPS) is 10.0. The van der Waals surface area contributed by atoms with Crippen molar-refractivity contribution in [3.63, 3.8) is 0 Å². The lowest BCUT2D eigenvalue weighted by Crippen LogP contribution is -2.06. The molecule has 0 aliphatic carbocycles. The molecule has 1 heterocycles. The zero-order chi connectivity index (χ0) is 10.4. The number of hydrogen-bond donors (Lipinski definition) is 1. The van der Waals surface area contributed by atoms with E-state index in [-0.39, 0.29) is 6.42 Å². The molecule has 76 valence electrons. The maximum Gasteiger partial charge on any atom is 0.303 e. The molecule has 0 saturated heterocycles. The van der Waals surface area contributed by atoms with Gasteiger partial charge in [0.25, 0.3) is 0 Å². The highest BCUT2D eigenvalue weighted by molar-refractivity contribution is 5.66. The van der Waals surface area contributed by atoms with Crippen LogP contribution < -0.4 is 0 Å². The van der Waals surface area contributed by atoms with Crippen LogP contribution in [0.3, 0.4) is 0 Å². The van der Waals surface area contributed by atoms with Crippen molar-refractivity contribution in [2.45, 2.75) is 25.8 Å². The van der Waals surface area contributed by atoms with Gasteiger partial charge in [0.05, 0.1) is 6.42 Å². The van der Waals surface area contributed by atoms with E-state index in [9.17, 15) is 9.59 Å². The second-order valence-corrected chi connectivity index (χ2v) is 2.89. The Bertz CT molecular complexity index is 320. The first-order chi connectivity index (χ1) is 6.74. The summed E-state index contributed by atoms with van der Waals surface area (Å²) in [5, 5.41) is 8.49. The van der Waals surface area contributed by atoms with Crippen molar-refractivity contribution >= 4 is 12.3 Å². The van der Waals surface area contributed by atoms with Crippen LogP contribution >= 0.6 is 0 Å². The topological polar surface area (TPSA) is 72.2 Å². The molecule has 5 heteroatoms. The number of hydrogen-bond acceptors (Lipinski definition) is 3. The van der Waals surface area contributed by atoms with Crippen molar-refractivity contribution < 1.29 is 14.7 Å². The molecular weight excluding hydrogens is 184 g/mol. The van der Waals surface area contributed by atoms with E-state index < -0.39 is 5.97 Å². The van der Waals surface area contributed by atoms with Gasteiger partial charge in [0.1, 0.15) is 12.1 Å². The molecule has 0 unspecified atom stereocenters. The smallest absolute Gasteiger partial charge is 0.303 e. The number of carbonyl (C=O) groups is 2. The summed E-state index contributed by atoms with van der Waals surface area (Å²) in [5.74, 6) is -0.121. The van der Waals surface area contributed by atoms with Gasteiger partial charge >= 0.3 is 5.97 Å². The molecule has 0 spiro atoms. The van der Waals surface area contributed by atoms with Crippen LogP contribution in [0.25, 0.3) is 0 Å². The van der Waals surface area contributed by atoms with E-state index in [0.717, 1.165) is 6.29 Å². The number of aromatic nitrogens is 2. The number of aldehydes is 1. The summed E-state index contributed by atoms with van der Waals surface area (Å²) in [6, 6.07) is 0. The predicted octanol–water partition coefficient (Wildman–Crippen LogP) is 0.489. The Morgan fingerprint density at radius 3 is 3.07 bits per heavy atom. The average Bonchev–Trinajstić information content (AvgIpc) is 2.58. The summed E-state index contributed by atoms with van der Waals surface area (Å²) in [6.45, 7) is 0.568. The number of nitrogens with zero attached hydrogens (tertiary/aromatic N) is 2. The zero-order valence-electron chi connectivity index (χ0n) is 7.72. The molecule has 0 amide bonds. The van der Waals surface area contributed by atoms with Crippen LogP contribution in [0, 0.1) is 0 Å². The second kappa shape index (κ2) is 5.16. The van der Waals surface area contributed by atoms with Crippen molar-refractivity contribution in [1.82, 2.24) is 9.55 Å². The third-order valence-corrected chi connectivity index (χ3v) is 1.85. The van der Waals surface area contributed by atoms with Gasteiger partial charge in [-0.1, -0.05) is 0 Å². The van der Waals surface area contributed by atoms with Crippen LogP contribution in [0.15, 0.2) is 12.4 Å². The average molecular weight is 196 g/mol. The van der Waals surface area contributed by atoms with Crippen molar-refractivity contribution in [2.75, 3.05) is 0 Å². The Labute approximate surface area is 81.4 Å². The lowest BCUT2D eigenvalue weighted by molar-refractivity contribution is -0.137. The first-order valence-corrected chi connectivity index (χ1v) is 4.39. The van der Waals surface area contributed by atoms with E-state index >= 15 is 0 Å². The molecule has 1 aromatic heterocycles. The van der Waals surface area contributed by atoms with Crippen molar-refractivity contribution in [3.05, 3.63) is 18.2 Å². The summed E-state index contributed by atoms with van der Waals surface area (Å²) >= 11 is 0. The Hall–Kier alpha value is -1.65. The minimum Gasteiger partial charge on any atom is -0.481 e. The number of aryl methyl sites for hydroxylation is 2. The maximum absolute atomic E-state index is 10.3. The predicted molar refractivity (Wildman–Crippen MR) is 48.9 cm³/mol. The molecule has 5 nitrogen and oxygen atoms in total. The largest absolute Gasteiger partial charge is 0.481 e. The molecule has 0 bridgehead atoms. The Morgan fingerprint density at radius 1 is 1.64 bits per heavy atom. The summed E-state index contributed by atoms with van der Waals surface area (Å²) in [7, 11) is 0. The number of carboxylic acid groups (broad SMARTS) is 1. The Kier molecular flexibility index (Phi) is 3.84. The summed E-state index contributed by atoms with van der Waals surface area (Å²) in [4.78, 5) is 24.5. The highest BCUT2D eigenvalue weighted by atomic mass is 16.4. The molecule has 14 heavy (non-hydrogen) atoms. The van der Waals surface area contributed by atoms with E-state index in [2.05, 4.69) is 4.98 Å². The van der Waals surface area contributed by atoms with Gasteiger partial charge in [-0.25, -0.2) is 4.98 Å². The lowest BCUT2D eigenvalue weighted by atomic mass is 10.3. The van der Waals surface area contributed by atoms with Gasteiger partial charge in [-0.3, -0.25) is 4.79 Å². The van der Waals surface area contributed by atoms with Gasteiger partial charge in [-0.15, -0.1) is 0 Å². The molecule has 0 radical (unpaired) electrons. The molecule has 0 aromatic carbocycles. The number of carboxylic acids is 1. The third kappa shape index (κ3) is 3.01. The molecule has 0 saturated carbocycles. The first kappa shape index (κ1) is 10.4. The van der Waals surface area contributed by atoms with E-state index in [1.165, 1.54) is 0 Å². The van der Waals surface area contributed by atoms with E-state index in [4.69, 9.17) is 5.11 Å². The SMILES string of the molecule is O=CCCn1ccnc1CCC(=O)O. The van der Waals surface area contributed by atoms with Crippen LogP contribution in [-0.4, -0.2) is 26.9 Å². The van der Waals surface area contributed by atoms with E-state index in [1.807, 2.05) is 0 Å². The van der Waals surface area contributed by atoms with Crippen molar-refractivity contribution in [1.29, 1.82) is 0 Å². The zero-order valence-corrected chi connectivity index (χ0v) is 7.72. The maximum atomic E-state index is 10.3. The Balaban J connectivity index is 2.53. The number of aliphatic carboxylic acids is 1. The molecule has 1 aromatic rings. The molecule has 0 aliphatic heterocycles. The fraction of sp³-hybridized carbons (Fsp3) is 0.444. The summed E-state index contributed by atoms with van der Waals surface area (Å²) in [5.41, 5.74) is 0. The van der Waals surface area contributed by atoms with Crippen LogP contribution in [0.1, 0.15) is 18.7 Å². The number of rotatable bonds is 6. The molecular formula is C9H12N2O3. The minimum atomic E-state index is -0.838. The monoisotopic (exact) mass is 196 g/mol.